The molecule has 0 radical (unpaired) electrons. The third-order valence-electron chi connectivity index (χ3n) is 2.65. The fourth-order valence-corrected chi connectivity index (χ4v) is 1.77. The zero-order chi connectivity index (χ0) is 11.4. The molecule has 84 valence electrons. The molecule has 0 aromatic heterocycles. The molecular weight excluding hydrogens is 206 g/mol. The Kier molecular flexibility index (Phi) is 3.22. The summed E-state index contributed by atoms with van der Waals surface area (Å²) in [7, 11) is 1.55. The minimum absolute atomic E-state index is 0.450. The van der Waals surface area contributed by atoms with Crippen LogP contribution in [0.1, 0.15) is 0 Å². The molecule has 16 heavy (non-hydrogen) atoms. The third kappa shape index (κ3) is 2.07. The summed E-state index contributed by atoms with van der Waals surface area (Å²) < 4.78 is 10.4. The summed E-state index contributed by atoms with van der Waals surface area (Å²) >= 11 is 0. The highest BCUT2D eigenvalue weighted by atomic mass is 16.5. The van der Waals surface area contributed by atoms with Gasteiger partial charge in [-0.15, -0.1) is 0 Å². The second-order valence-corrected chi connectivity index (χ2v) is 3.56. The lowest BCUT2D eigenvalue weighted by Crippen LogP contribution is -2.36. The van der Waals surface area contributed by atoms with E-state index in [9.17, 15) is 0 Å². The highest BCUT2D eigenvalue weighted by molar-refractivity contribution is 5.66. The van der Waals surface area contributed by atoms with Crippen LogP contribution >= 0.6 is 0 Å². The van der Waals surface area contributed by atoms with Gasteiger partial charge in [-0.1, -0.05) is 0 Å². The number of diazo groups is 1. The Balaban J connectivity index is 2.25. The molecule has 0 bridgehead atoms. The predicted octanol–water partition coefficient (Wildman–Crippen LogP) is 2.02. The van der Waals surface area contributed by atoms with Gasteiger partial charge < -0.3 is 14.4 Å². The first kappa shape index (κ1) is 10.7. The van der Waals surface area contributed by atoms with Crippen molar-refractivity contribution in [1.82, 2.24) is 0 Å². The van der Waals surface area contributed by atoms with E-state index in [0.717, 1.165) is 32.0 Å². The lowest BCUT2D eigenvalue weighted by molar-refractivity contribution is 0.122. The van der Waals surface area contributed by atoms with Gasteiger partial charge in [0, 0.05) is 18.8 Å². The number of nitrogens with zero attached hydrogens (tertiary/aromatic N) is 3. The van der Waals surface area contributed by atoms with Crippen LogP contribution < -0.4 is 9.64 Å². The number of hydrogen-bond acceptors (Lipinski definition) is 4. The van der Waals surface area contributed by atoms with Crippen molar-refractivity contribution < 1.29 is 9.47 Å². The smallest absolute Gasteiger partial charge is 0.428 e. The maximum absolute atomic E-state index is 8.87. The van der Waals surface area contributed by atoms with Crippen molar-refractivity contribution in [3.05, 3.63) is 23.2 Å². The fraction of sp³-hybridized carbons (Fsp3) is 0.455. The van der Waals surface area contributed by atoms with Crippen LogP contribution in [0.15, 0.2) is 18.2 Å². The van der Waals surface area contributed by atoms with Crippen molar-refractivity contribution in [2.24, 2.45) is 0 Å². The van der Waals surface area contributed by atoms with Crippen LogP contribution in [0.3, 0.4) is 0 Å². The molecule has 1 fully saturated rings. The maximum Gasteiger partial charge on any atom is 0.428 e. The summed E-state index contributed by atoms with van der Waals surface area (Å²) in [5.41, 5.74) is 1.48. The summed E-state index contributed by atoms with van der Waals surface area (Å²) in [5.74, 6) is 0.569. The molecule has 2 rings (SSSR count). The number of hydrogen-bond donors (Lipinski definition) is 0. The second-order valence-electron chi connectivity index (χ2n) is 3.56. The van der Waals surface area contributed by atoms with Crippen LogP contribution in [0.2, 0.25) is 0 Å². The molecule has 0 spiro atoms. The molecule has 0 atom stereocenters. The van der Waals surface area contributed by atoms with Crippen molar-refractivity contribution in [3.63, 3.8) is 0 Å². The number of rotatable bonds is 2. The normalized spacial score (nSPS) is 15.6. The number of benzene rings is 1. The van der Waals surface area contributed by atoms with Gasteiger partial charge in [0.15, 0.2) is 4.98 Å². The first-order chi connectivity index (χ1) is 7.85. The molecule has 5 heteroatoms. The third-order valence-corrected chi connectivity index (χ3v) is 2.65. The Labute approximate surface area is 94.2 Å². The molecular formula is C11H14N3O2+. The zero-order valence-electron chi connectivity index (χ0n) is 9.22. The van der Waals surface area contributed by atoms with Gasteiger partial charge in [0.25, 0.3) is 0 Å². The van der Waals surface area contributed by atoms with Crippen LogP contribution in [0.25, 0.3) is 4.98 Å². The minimum atomic E-state index is 0.450. The Morgan fingerprint density at radius 2 is 2.12 bits per heavy atom. The van der Waals surface area contributed by atoms with Gasteiger partial charge in [0.1, 0.15) is 0 Å². The largest absolute Gasteiger partial charge is 0.489 e. The van der Waals surface area contributed by atoms with Gasteiger partial charge in [-0.05, 0) is 12.1 Å². The first-order valence-electron chi connectivity index (χ1n) is 5.21. The molecule has 1 saturated heterocycles. The van der Waals surface area contributed by atoms with E-state index < -0.39 is 0 Å². The minimum Gasteiger partial charge on any atom is -0.489 e. The number of methoxy groups -OCH3 is 1. The highest BCUT2D eigenvalue weighted by Gasteiger charge is 2.19. The maximum atomic E-state index is 8.87. The second kappa shape index (κ2) is 4.81. The average Bonchev–Trinajstić information content (AvgIpc) is 2.39. The SMILES string of the molecule is COc1ccc(N2CCOCC2)cc1[N+]#N. The summed E-state index contributed by atoms with van der Waals surface area (Å²) in [5, 5.41) is 8.87. The van der Waals surface area contributed by atoms with Crippen molar-refractivity contribution in [2.45, 2.75) is 0 Å². The quantitative estimate of drug-likeness (QED) is 0.715. The molecule has 1 aliphatic heterocycles. The van der Waals surface area contributed by atoms with E-state index in [0.29, 0.717) is 11.4 Å². The molecule has 1 aromatic carbocycles. The van der Waals surface area contributed by atoms with Crippen molar-refractivity contribution >= 4 is 11.4 Å². The van der Waals surface area contributed by atoms with Gasteiger partial charge in [-0.3, -0.25) is 0 Å². The summed E-state index contributed by atoms with van der Waals surface area (Å²) in [6, 6.07) is 5.57. The van der Waals surface area contributed by atoms with E-state index in [1.54, 1.807) is 13.2 Å². The molecule has 0 saturated carbocycles. The van der Waals surface area contributed by atoms with Crippen LogP contribution in [-0.4, -0.2) is 33.4 Å². The predicted molar refractivity (Wildman–Crippen MR) is 60.8 cm³/mol. The van der Waals surface area contributed by atoms with Crippen LogP contribution in [0, 0.1) is 5.39 Å². The van der Waals surface area contributed by atoms with Gasteiger partial charge in [-0.2, -0.15) is 0 Å². The highest BCUT2D eigenvalue weighted by Crippen LogP contribution is 2.32. The van der Waals surface area contributed by atoms with Crippen molar-refractivity contribution in [1.29, 1.82) is 5.39 Å². The van der Waals surface area contributed by atoms with Crippen LogP contribution in [-0.2, 0) is 4.74 Å². The molecule has 0 unspecified atom stereocenters. The number of ether oxygens (including phenoxy) is 2. The molecule has 5 nitrogen and oxygen atoms in total. The van der Waals surface area contributed by atoms with E-state index in [-0.39, 0.29) is 0 Å². The number of anilines is 1. The molecule has 0 amide bonds. The van der Waals surface area contributed by atoms with Gasteiger partial charge >= 0.3 is 5.69 Å². The Bertz CT molecular complexity index is 408. The molecule has 1 heterocycles. The van der Waals surface area contributed by atoms with Crippen LogP contribution in [0.4, 0.5) is 11.4 Å². The van der Waals surface area contributed by atoms with E-state index >= 15 is 0 Å². The van der Waals surface area contributed by atoms with Crippen molar-refractivity contribution in [2.75, 3.05) is 38.3 Å². The fourth-order valence-electron chi connectivity index (χ4n) is 1.77. The van der Waals surface area contributed by atoms with Gasteiger partial charge in [0.05, 0.1) is 26.4 Å². The summed E-state index contributed by atoms with van der Waals surface area (Å²) in [4.78, 5) is 5.41. The van der Waals surface area contributed by atoms with Crippen molar-refractivity contribution in [3.8, 4) is 5.75 Å². The monoisotopic (exact) mass is 220 g/mol. The lowest BCUT2D eigenvalue weighted by atomic mass is 10.2. The van der Waals surface area contributed by atoms with Gasteiger partial charge in [-0.25, -0.2) is 0 Å². The van der Waals surface area contributed by atoms with E-state index in [1.165, 1.54) is 0 Å². The van der Waals surface area contributed by atoms with E-state index in [1.807, 2.05) is 12.1 Å². The van der Waals surface area contributed by atoms with Crippen LogP contribution in [0.5, 0.6) is 5.75 Å². The Morgan fingerprint density at radius 1 is 1.38 bits per heavy atom. The molecule has 1 aliphatic rings. The molecule has 0 aliphatic carbocycles. The Hall–Kier alpha value is -1.80. The molecule has 1 aromatic rings. The van der Waals surface area contributed by atoms with Gasteiger partial charge in [0.2, 0.25) is 11.1 Å². The zero-order valence-corrected chi connectivity index (χ0v) is 9.22. The van der Waals surface area contributed by atoms with E-state index in [2.05, 4.69) is 9.88 Å². The summed E-state index contributed by atoms with van der Waals surface area (Å²) in [6.45, 7) is 3.18. The first-order valence-corrected chi connectivity index (χ1v) is 5.21. The molecule has 0 N–H and O–H groups in total. The Morgan fingerprint density at radius 3 is 2.75 bits per heavy atom. The average molecular weight is 220 g/mol. The lowest BCUT2D eigenvalue weighted by Gasteiger charge is -2.28. The summed E-state index contributed by atoms with van der Waals surface area (Å²) in [6.07, 6.45) is 0. The topological polar surface area (TPSA) is 49.9 Å². The standard InChI is InChI=1S/C11H14N3O2/c1-15-11-3-2-9(8-10(11)13-12)14-4-6-16-7-5-14/h2-3,8H,4-7H2,1H3/q+1. The van der Waals surface area contributed by atoms with E-state index in [4.69, 9.17) is 14.9 Å². The number of morpholine rings is 1.